The van der Waals surface area contributed by atoms with Crippen molar-refractivity contribution < 1.29 is 14.3 Å². The lowest BCUT2D eigenvalue weighted by atomic mass is 10.1. The summed E-state index contributed by atoms with van der Waals surface area (Å²) in [7, 11) is 0. The van der Waals surface area contributed by atoms with E-state index >= 15 is 0 Å². The minimum absolute atomic E-state index is 0.00161. The highest BCUT2D eigenvalue weighted by atomic mass is 16.5. The Morgan fingerprint density at radius 2 is 1.66 bits per heavy atom. The van der Waals surface area contributed by atoms with Gasteiger partial charge in [-0.2, -0.15) is 0 Å². The molecule has 3 aromatic rings. The first-order chi connectivity index (χ1) is 17.1. The van der Waals surface area contributed by atoms with Crippen LogP contribution in [0.2, 0.25) is 0 Å². The predicted molar refractivity (Wildman–Crippen MR) is 136 cm³/mol. The molecule has 0 bridgehead atoms. The number of para-hydroxylation sites is 2. The summed E-state index contributed by atoms with van der Waals surface area (Å²) in [6.45, 7) is 5.33. The number of fused-ring (bicyclic) bond motifs is 1. The van der Waals surface area contributed by atoms with Crippen LogP contribution in [-0.4, -0.2) is 59.4 Å². The molecule has 4 rings (SSSR count). The Balaban J connectivity index is 1.57. The van der Waals surface area contributed by atoms with Gasteiger partial charge in [0.1, 0.15) is 5.75 Å². The number of pyridine rings is 1. The van der Waals surface area contributed by atoms with E-state index in [1.54, 1.807) is 13.1 Å². The normalized spacial score (nSPS) is 15.1. The molecule has 0 N–H and O–H groups in total. The van der Waals surface area contributed by atoms with E-state index in [4.69, 9.17) is 4.74 Å². The van der Waals surface area contributed by atoms with E-state index in [2.05, 4.69) is 9.88 Å². The summed E-state index contributed by atoms with van der Waals surface area (Å²) in [5, 5.41) is 0. The van der Waals surface area contributed by atoms with Crippen LogP contribution in [-0.2, 0) is 22.7 Å². The third kappa shape index (κ3) is 6.90. The quantitative estimate of drug-likeness (QED) is 0.566. The molecule has 0 aliphatic carbocycles. The molecule has 0 fully saturated rings. The average molecular weight is 473 g/mol. The van der Waals surface area contributed by atoms with Gasteiger partial charge in [-0.1, -0.05) is 42.5 Å². The largest absolute Gasteiger partial charge is 0.484 e. The zero-order chi connectivity index (χ0) is 24.5. The molecule has 35 heavy (non-hydrogen) atoms. The van der Waals surface area contributed by atoms with Crippen LogP contribution in [0.25, 0.3) is 0 Å². The van der Waals surface area contributed by atoms with Crippen molar-refractivity contribution in [1.29, 1.82) is 0 Å². The van der Waals surface area contributed by atoms with Crippen molar-refractivity contribution in [3.05, 3.63) is 90.3 Å². The van der Waals surface area contributed by atoms with Crippen molar-refractivity contribution in [2.24, 2.45) is 0 Å². The molecule has 2 aromatic carbocycles. The lowest BCUT2D eigenvalue weighted by Gasteiger charge is -2.28. The van der Waals surface area contributed by atoms with Crippen LogP contribution in [0.4, 0.5) is 5.69 Å². The lowest BCUT2D eigenvalue weighted by Crippen LogP contribution is -2.40. The summed E-state index contributed by atoms with van der Waals surface area (Å²) in [5.74, 6) is 0.576. The van der Waals surface area contributed by atoms with Crippen molar-refractivity contribution in [3.8, 4) is 5.75 Å². The molecule has 1 aromatic heterocycles. The lowest BCUT2D eigenvalue weighted by molar-refractivity contribution is -0.134. The summed E-state index contributed by atoms with van der Waals surface area (Å²) < 4.78 is 5.76. The summed E-state index contributed by atoms with van der Waals surface area (Å²) >= 11 is 0. The second-order valence-corrected chi connectivity index (χ2v) is 8.67. The fourth-order valence-electron chi connectivity index (χ4n) is 4.31. The highest BCUT2D eigenvalue weighted by Crippen LogP contribution is 2.24. The van der Waals surface area contributed by atoms with Gasteiger partial charge in [0.25, 0.3) is 5.91 Å². The molecule has 7 nitrogen and oxygen atoms in total. The molecule has 182 valence electrons. The zero-order valence-corrected chi connectivity index (χ0v) is 20.2. The molecule has 0 atom stereocenters. The van der Waals surface area contributed by atoms with Crippen LogP contribution in [0, 0.1) is 0 Å². The van der Waals surface area contributed by atoms with E-state index in [0.29, 0.717) is 38.5 Å². The van der Waals surface area contributed by atoms with Crippen molar-refractivity contribution in [2.75, 3.05) is 37.7 Å². The van der Waals surface area contributed by atoms with Crippen LogP contribution in [0.5, 0.6) is 5.75 Å². The van der Waals surface area contributed by atoms with Crippen LogP contribution >= 0.6 is 0 Å². The highest BCUT2D eigenvalue weighted by Gasteiger charge is 2.22. The Morgan fingerprint density at radius 3 is 2.43 bits per heavy atom. The smallest absolute Gasteiger partial charge is 0.260 e. The van der Waals surface area contributed by atoms with Crippen molar-refractivity contribution in [3.63, 3.8) is 0 Å². The van der Waals surface area contributed by atoms with Gasteiger partial charge in [0.2, 0.25) is 5.91 Å². The molecule has 0 spiro atoms. The first kappa shape index (κ1) is 24.4. The SMILES string of the molecule is CC(=O)N1CCCN(Cc2ccccn2)CCN(C(=O)COc2ccccc2)Cc2ccccc21. The fourth-order valence-corrected chi connectivity index (χ4v) is 4.31. The van der Waals surface area contributed by atoms with Crippen LogP contribution in [0.15, 0.2) is 79.0 Å². The van der Waals surface area contributed by atoms with Crippen LogP contribution in [0.1, 0.15) is 24.6 Å². The number of carbonyl (C=O) groups is 2. The number of aromatic nitrogens is 1. The Morgan fingerprint density at radius 1 is 0.886 bits per heavy atom. The van der Waals surface area contributed by atoms with Gasteiger partial charge in [0.05, 0.1) is 5.69 Å². The van der Waals surface area contributed by atoms with E-state index in [1.165, 1.54) is 0 Å². The van der Waals surface area contributed by atoms with E-state index < -0.39 is 0 Å². The molecule has 1 aliphatic rings. The van der Waals surface area contributed by atoms with Crippen LogP contribution < -0.4 is 9.64 Å². The number of ether oxygens (including phenoxy) is 1. The summed E-state index contributed by atoms with van der Waals surface area (Å²) in [6.07, 6.45) is 2.62. The van der Waals surface area contributed by atoms with Gasteiger partial charge >= 0.3 is 0 Å². The van der Waals surface area contributed by atoms with Crippen molar-refractivity contribution in [2.45, 2.75) is 26.4 Å². The highest BCUT2D eigenvalue weighted by molar-refractivity contribution is 5.92. The number of carbonyl (C=O) groups excluding carboxylic acids is 2. The Labute approximate surface area is 206 Å². The van der Waals surface area contributed by atoms with E-state index in [-0.39, 0.29) is 18.4 Å². The number of hydrogen-bond donors (Lipinski definition) is 0. The monoisotopic (exact) mass is 472 g/mol. The average Bonchev–Trinajstić information content (AvgIpc) is 2.91. The van der Waals surface area contributed by atoms with Gasteiger partial charge < -0.3 is 14.5 Å². The Kier molecular flexibility index (Phi) is 8.46. The van der Waals surface area contributed by atoms with E-state index in [0.717, 1.165) is 29.9 Å². The summed E-state index contributed by atoms with van der Waals surface area (Å²) in [5.41, 5.74) is 2.80. The number of nitrogens with zero attached hydrogens (tertiary/aromatic N) is 4. The van der Waals surface area contributed by atoms with Gasteiger partial charge in [0.15, 0.2) is 6.61 Å². The third-order valence-corrected chi connectivity index (χ3v) is 6.14. The Bertz CT molecular complexity index is 1110. The molecule has 0 saturated carbocycles. The molecule has 0 saturated heterocycles. The number of amides is 2. The third-order valence-electron chi connectivity index (χ3n) is 6.14. The summed E-state index contributed by atoms with van der Waals surface area (Å²) in [6, 6.07) is 23.1. The van der Waals surface area contributed by atoms with Gasteiger partial charge in [-0.3, -0.25) is 19.5 Å². The van der Waals surface area contributed by atoms with Crippen LogP contribution in [0.3, 0.4) is 0 Å². The first-order valence-corrected chi connectivity index (χ1v) is 12.0. The molecule has 1 aliphatic heterocycles. The second-order valence-electron chi connectivity index (χ2n) is 8.67. The molecule has 0 radical (unpaired) electrons. The summed E-state index contributed by atoms with van der Waals surface area (Å²) in [4.78, 5) is 36.3. The first-order valence-electron chi connectivity index (χ1n) is 12.0. The molecule has 2 amide bonds. The van der Waals surface area contributed by atoms with Crippen molar-refractivity contribution in [1.82, 2.24) is 14.8 Å². The van der Waals surface area contributed by atoms with Gasteiger partial charge in [-0.15, -0.1) is 0 Å². The topological polar surface area (TPSA) is 66.0 Å². The minimum atomic E-state index is -0.0879. The molecular weight excluding hydrogens is 440 g/mol. The standard InChI is InChI=1S/C28H32N4O3/c1-23(33)32-17-9-16-30(21-25-11-7-8-15-29-25)18-19-31(20-24-10-5-6-14-27(24)32)28(34)22-35-26-12-3-2-4-13-26/h2-8,10-15H,9,16-22H2,1H3. The maximum atomic E-state index is 13.3. The fraction of sp³-hybridized carbons (Fsp3) is 0.321. The van der Waals surface area contributed by atoms with Crippen molar-refractivity contribution >= 4 is 17.5 Å². The molecule has 0 unspecified atom stereocenters. The number of benzene rings is 2. The molecular formula is C28H32N4O3. The molecule has 2 heterocycles. The van der Waals surface area contributed by atoms with E-state index in [9.17, 15) is 9.59 Å². The zero-order valence-electron chi connectivity index (χ0n) is 20.2. The predicted octanol–water partition coefficient (Wildman–Crippen LogP) is 3.75. The van der Waals surface area contributed by atoms with E-state index in [1.807, 2.05) is 82.6 Å². The maximum absolute atomic E-state index is 13.3. The van der Waals surface area contributed by atoms with Gasteiger partial charge in [-0.05, 0) is 42.3 Å². The van der Waals surface area contributed by atoms with Gasteiger partial charge in [-0.25, -0.2) is 0 Å². The number of anilines is 1. The maximum Gasteiger partial charge on any atom is 0.260 e. The number of rotatable bonds is 5. The minimum Gasteiger partial charge on any atom is -0.484 e. The Hall–Kier alpha value is -3.71. The number of hydrogen-bond acceptors (Lipinski definition) is 5. The molecule has 7 heteroatoms. The van der Waals surface area contributed by atoms with Gasteiger partial charge in [0, 0.05) is 58.1 Å². The second kappa shape index (κ2) is 12.1.